The number of hydrogen-bond donors (Lipinski definition) is 2. The molecule has 0 saturated carbocycles. The number of carbonyl (C=O) groups is 1. The Kier molecular flexibility index (Phi) is 6.16. The first-order valence-electron chi connectivity index (χ1n) is 7.47. The van der Waals surface area contributed by atoms with E-state index in [0.29, 0.717) is 11.4 Å². The highest BCUT2D eigenvalue weighted by Crippen LogP contribution is 2.25. The van der Waals surface area contributed by atoms with Gasteiger partial charge in [-0.05, 0) is 35.2 Å². The van der Waals surface area contributed by atoms with E-state index in [1.165, 1.54) is 0 Å². The molecule has 2 aromatic carbocycles. The maximum atomic E-state index is 10.8. The Morgan fingerprint density at radius 2 is 1.61 bits per heavy atom. The predicted molar refractivity (Wildman–Crippen MR) is 93.3 cm³/mol. The Hall–Kier alpha value is -1.88. The minimum atomic E-state index is -0.784. The monoisotopic (exact) mass is 332 g/mol. The standard InChI is InChI=1S/C18H21ClN2O2/c1-21(2)20-17(11-12-18(22)23)15-5-3-13(4-6-15)14-7-9-16(19)10-8-14/h3-10,17,20H,11-12H2,1-2H3,(H,22,23). The molecule has 2 rings (SSSR count). The molecule has 5 heteroatoms. The van der Waals surface area contributed by atoms with Crippen molar-refractivity contribution in [3.8, 4) is 11.1 Å². The zero-order valence-corrected chi connectivity index (χ0v) is 14.0. The zero-order chi connectivity index (χ0) is 16.8. The molecule has 2 aromatic rings. The molecule has 4 nitrogen and oxygen atoms in total. The van der Waals surface area contributed by atoms with E-state index < -0.39 is 5.97 Å². The van der Waals surface area contributed by atoms with Gasteiger partial charge in [0.05, 0.1) is 0 Å². The molecular formula is C18H21ClN2O2. The van der Waals surface area contributed by atoms with Gasteiger partial charge in [-0.3, -0.25) is 9.80 Å². The van der Waals surface area contributed by atoms with Crippen molar-refractivity contribution >= 4 is 17.6 Å². The minimum Gasteiger partial charge on any atom is -0.481 e. The van der Waals surface area contributed by atoms with Crippen molar-refractivity contribution in [3.63, 3.8) is 0 Å². The van der Waals surface area contributed by atoms with E-state index in [2.05, 4.69) is 5.43 Å². The number of nitrogens with one attached hydrogen (secondary N) is 1. The second kappa shape index (κ2) is 8.11. The highest BCUT2D eigenvalue weighted by molar-refractivity contribution is 6.30. The third kappa shape index (κ3) is 5.36. The zero-order valence-electron chi connectivity index (χ0n) is 13.3. The molecule has 0 aromatic heterocycles. The number of rotatable bonds is 7. The number of carboxylic acids is 1. The smallest absolute Gasteiger partial charge is 0.303 e. The van der Waals surface area contributed by atoms with Crippen LogP contribution in [0.2, 0.25) is 5.02 Å². The van der Waals surface area contributed by atoms with Crippen LogP contribution in [-0.2, 0) is 4.79 Å². The Labute approximate surface area is 141 Å². The van der Waals surface area contributed by atoms with Crippen molar-refractivity contribution in [2.75, 3.05) is 14.1 Å². The highest BCUT2D eigenvalue weighted by Gasteiger charge is 2.14. The Morgan fingerprint density at radius 3 is 2.09 bits per heavy atom. The summed E-state index contributed by atoms with van der Waals surface area (Å²) in [5, 5.41) is 11.5. The van der Waals surface area contributed by atoms with E-state index in [1.807, 2.05) is 67.6 Å². The van der Waals surface area contributed by atoms with Gasteiger partial charge in [0.1, 0.15) is 0 Å². The van der Waals surface area contributed by atoms with Crippen LogP contribution in [-0.4, -0.2) is 30.2 Å². The van der Waals surface area contributed by atoms with Gasteiger partial charge in [-0.1, -0.05) is 48.0 Å². The molecule has 0 bridgehead atoms. The first-order chi connectivity index (χ1) is 11.0. The van der Waals surface area contributed by atoms with Crippen LogP contribution in [0, 0.1) is 0 Å². The maximum absolute atomic E-state index is 10.8. The highest BCUT2D eigenvalue weighted by atomic mass is 35.5. The number of carboxylic acid groups (broad SMARTS) is 1. The molecule has 0 aliphatic carbocycles. The summed E-state index contributed by atoms with van der Waals surface area (Å²) >= 11 is 5.91. The van der Waals surface area contributed by atoms with E-state index in [9.17, 15) is 4.79 Å². The molecule has 1 unspecified atom stereocenters. The second-order valence-corrected chi connectivity index (χ2v) is 6.07. The summed E-state index contributed by atoms with van der Waals surface area (Å²) < 4.78 is 0. The van der Waals surface area contributed by atoms with Crippen molar-refractivity contribution in [1.82, 2.24) is 10.4 Å². The van der Waals surface area contributed by atoms with E-state index in [4.69, 9.17) is 16.7 Å². The summed E-state index contributed by atoms with van der Waals surface area (Å²) in [5.41, 5.74) is 6.54. The van der Waals surface area contributed by atoms with Crippen molar-refractivity contribution in [1.29, 1.82) is 0 Å². The molecule has 23 heavy (non-hydrogen) atoms. The van der Waals surface area contributed by atoms with Crippen molar-refractivity contribution < 1.29 is 9.90 Å². The lowest BCUT2D eigenvalue weighted by molar-refractivity contribution is -0.137. The fraction of sp³-hybridized carbons (Fsp3) is 0.278. The van der Waals surface area contributed by atoms with Gasteiger partial charge in [0.2, 0.25) is 0 Å². The Bertz CT molecular complexity index is 639. The molecule has 122 valence electrons. The molecule has 0 fully saturated rings. The Balaban J connectivity index is 2.16. The second-order valence-electron chi connectivity index (χ2n) is 5.64. The van der Waals surface area contributed by atoms with E-state index in [1.54, 1.807) is 0 Å². The average molecular weight is 333 g/mol. The van der Waals surface area contributed by atoms with E-state index in [-0.39, 0.29) is 12.5 Å². The van der Waals surface area contributed by atoms with Gasteiger partial charge in [-0.15, -0.1) is 0 Å². The van der Waals surface area contributed by atoms with E-state index >= 15 is 0 Å². The summed E-state index contributed by atoms with van der Waals surface area (Å²) in [6, 6.07) is 15.8. The average Bonchev–Trinajstić information content (AvgIpc) is 2.52. The van der Waals surface area contributed by atoms with Gasteiger partial charge in [0.15, 0.2) is 0 Å². The molecule has 0 heterocycles. The third-order valence-electron chi connectivity index (χ3n) is 3.55. The quantitative estimate of drug-likeness (QED) is 0.753. The summed E-state index contributed by atoms with van der Waals surface area (Å²) in [6.45, 7) is 0. The van der Waals surface area contributed by atoms with Crippen LogP contribution in [0.3, 0.4) is 0 Å². The van der Waals surface area contributed by atoms with Crippen LogP contribution in [0.4, 0.5) is 0 Å². The van der Waals surface area contributed by atoms with Gasteiger partial charge >= 0.3 is 5.97 Å². The predicted octanol–water partition coefficient (Wildman–Crippen LogP) is 3.98. The van der Waals surface area contributed by atoms with Crippen LogP contribution in [0.5, 0.6) is 0 Å². The number of nitrogens with zero attached hydrogens (tertiary/aromatic N) is 1. The summed E-state index contributed by atoms with van der Waals surface area (Å²) in [4.78, 5) is 10.8. The van der Waals surface area contributed by atoms with Crippen LogP contribution >= 0.6 is 11.6 Å². The number of aliphatic carboxylic acids is 1. The van der Waals surface area contributed by atoms with Gasteiger partial charge in [-0.2, -0.15) is 0 Å². The fourth-order valence-corrected chi connectivity index (χ4v) is 2.56. The normalized spacial score (nSPS) is 12.3. The number of halogens is 1. The first-order valence-corrected chi connectivity index (χ1v) is 7.84. The molecule has 0 amide bonds. The molecule has 0 saturated heterocycles. The largest absolute Gasteiger partial charge is 0.481 e. The lowest BCUT2D eigenvalue weighted by Gasteiger charge is -2.23. The van der Waals surface area contributed by atoms with Gasteiger partial charge in [-0.25, -0.2) is 5.43 Å². The number of hydrogen-bond acceptors (Lipinski definition) is 3. The van der Waals surface area contributed by atoms with Gasteiger partial charge in [0, 0.05) is 31.6 Å². The molecule has 0 aliphatic heterocycles. The number of hydrazine groups is 1. The molecule has 0 spiro atoms. The van der Waals surface area contributed by atoms with Crippen molar-refractivity contribution in [3.05, 3.63) is 59.1 Å². The molecule has 1 atom stereocenters. The van der Waals surface area contributed by atoms with Crippen molar-refractivity contribution in [2.24, 2.45) is 0 Å². The molecule has 0 radical (unpaired) electrons. The summed E-state index contributed by atoms with van der Waals surface area (Å²) in [5.74, 6) is -0.784. The van der Waals surface area contributed by atoms with Crippen LogP contribution < -0.4 is 5.43 Å². The summed E-state index contributed by atoms with van der Waals surface area (Å²) in [7, 11) is 3.80. The SMILES string of the molecule is CN(C)NC(CCC(=O)O)c1ccc(-c2ccc(Cl)cc2)cc1. The maximum Gasteiger partial charge on any atom is 0.303 e. The number of benzene rings is 2. The van der Waals surface area contributed by atoms with Crippen LogP contribution in [0.25, 0.3) is 11.1 Å². The topological polar surface area (TPSA) is 52.6 Å². The minimum absolute atomic E-state index is 0.0274. The first kappa shape index (κ1) is 17.5. The van der Waals surface area contributed by atoms with Gasteiger partial charge < -0.3 is 5.11 Å². The van der Waals surface area contributed by atoms with Gasteiger partial charge in [0.25, 0.3) is 0 Å². The summed E-state index contributed by atoms with van der Waals surface area (Å²) in [6.07, 6.45) is 0.665. The van der Waals surface area contributed by atoms with Crippen LogP contribution in [0.15, 0.2) is 48.5 Å². The van der Waals surface area contributed by atoms with Crippen molar-refractivity contribution in [2.45, 2.75) is 18.9 Å². The lowest BCUT2D eigenvalue weighted by Crippen LogP contribution is -2.34. The fourth-order valence-electron chi connectivity index (χ4n) is 2.44. The van der Waals surface area contributed by atoms with E-state index in [0.717, 1.165) is 16.7 Å². The third-order valence-corrected chi connectivity index (χ3v) is 3.80. The Morgan fingerprint density at radius 1 is 1.09 bits per heavy atom. The molecular weight excluding hydrogens is 312 g/mol. The molecule has 2 N–H and O–H groups in total. The lowest BCUT2D eigenvalue weighted by atomic mass is 9.98. The molecule has 0 aliphatic rings. The van der Waals surface area contributed by atoms with Crippen LogP contribution in [0.1, 0.15) is 24.4 Å².